The largest absolute Gasteiger partial charge is 0.324 e. The lowest BCUT2D eigenvalue weighted by Crippen LogP contribution is -2.53. The number of carbonyl (C=O) groups excluding carboxylic acids is 3. The van der Waals surface area contributed by atoms with Crippen LogP contribution in [0.25, 0.3) is 0 Å². The maximum atomic E-state index is 13.6. The molecular weight excluding hydrogens is 386 g/mol. The van der Waals surface area contributed by atoms with Crippen molar-refractivity contribution in [2.45, 2.75) is 18.0 Å². The molecule has 5 rings (SSSR count). The van der Waals surface area contributed by atoms with E-state index in [9.17, 15) is 14.4 Å². The van der Waals surface area contributed by atoms with Gasteiger partial charge in [0.05, 0.1) is 17.5 Å². The molecule has 2 fully saturated rings. The molecule has 3 aliphatic rings. The van der Waals surface area contributed by atoms with E-state index >= 15 is 0 Å². The number of fused-ring (bicyclic) bond motifs is 4. The summed E-state index contributed by atoms with van der Waals surface area (Å²) >= 11 is 1.69. The number of benzene rings is 2. The number of nitrogens with zero attached hydrogens (tertiary/aromatic N) is 1. The van der Waals surface area contributed by atoms with Gasteiger partial charge in [-0.25, -0.2) is 4.90 Å². The summed E-state index contributed by atoms with van der Waals surface area (Å²) in [6, 6.07) is 16.2. The van der Waals surface area contributed by atoms with Crippen LogP contribution in [0.1, 0.15) is 12.0 Å². The average molecular weight is 407 g/mol. The normalized spacial score (nSPS) is 30.0. The molecule has 2 aromatic rings. The quantitative estimate of drug-likeness (QED) is 0.761. The first-order valence-electron chi connectivity index (χ1n) is 9.70. The van der Waals surface area contributed by atoms with Crippen LogP contribution in [0.3, 0.4) is 0 Å². The summed E-state index contributed by atoms with van der Waals surface area (Å²) in [6.07, 6.45) is 2.72. The number of carbonyl (C=O) groups is 3. The molecule has 1 spiro atoms. The Morgan fingerprint density at radius 3 is 2.48 bits per heavy atom. The summed E-state index contributed by atoms with van der Waals surface area (Å²) in [5.74, 6) is -1.27. The van der Waals surface area contributed by atoms with Gasteiger partial charge in [0.25, 0.3) is 0 Å². The van der Waals surface area contributed by atoms with Crippen LogP contribution < -0.4 is 15.5 Å². The van der Waals surface area contributed by atoms with Gasteiger partial charge in [0.1, 0.15) is 5.54 Å². The number of para-hydroxylation sites is 2. The van der Waals surface area contributed by atoms with Crippen LogP contribution in [0.4, 0.5) is 11.4 Å². The molecule has 3 heterocycles. The van der Waals surface area contributed by atoms with Crippen LogP contribution in [0.2, 0.25) is 0 Å². The Morgan fingerprint density at radius 1 is 1.00 bits per heavy atom. The van der Waals surface area contributed by atoms with Crippen LogP contribution in [0.15, 0.2) is 54.6 Å². The molecule has 0 saturated carbocycles. The van der Waals surface area contributed by atoms with Gasteiger partial charge in [0.15, 0.2) is 0 Å². The van der Waals surface area contributed by atoms with E-state index in [0.29, 0.717) is 17.8 Å². The smallest absolute Gasteiger partial charge is 0.250 e. The topological polar surface area (TPSA) is 78.5 Å². The number of amides is 3. The first-order valence-corrected chi connectivity index (χ1v) is 11.1. The average Bonchev–Trinajstić information content (AvgIpc) is 3.32. The fraction of sp³-hybridized carbons (Fsp3) is 0.318. The monoisotopic (exact) mass is 407 g/mol. The van der Waals surface area contributed by atoms with Crippen molar-refractivity contribution >= 4 is 40.9 Å². The van der Waals surface area contributed by atoms with Crippen molar-refractivity contribution in [3.63, 3.8) is 0 Å². The molecule has 29 heavy (non-hydrogen) atoms. The molecule has 0 aromatic heterocycles. The first-order chi connectivity index (χ1) is 14.1. The van der Waals surface area contributed by atoms with Gasteiger partial charge in [-0.15, -0.1) is 0 Å². The van der Waals surface area contributed by atoms with E-state index in [4.69, 9.17) is 0 Å². The van der Waals surface area contributed by atoms with E-state index in [2.05, 4.69) is 10.6 Å². The lowest BCUT2D eigenvalue weighted by Gasteiger charge is -2.29. The van der Waals surface area contributed by atoms with Crippen molar-refractivity contribution in [3.05, 3.63) is 60.2 Å². The summed E-state index contributed by atoms with van der Waals surface area (Å²) in [4.78, 5) is 41.6. The fourth-order valence-corrected chi connectivity index (χ4v) is 5.57. The van der Waals surface area contributed by atoms with Crippen molar-refractivity contribution in [2.75, 3.05) is 22.2 Å². The minimum Gasteiger partial charge on any atom is -0.324 e. The van der Waals surface area contributed by atoms with Crippen LogP contribution in [0.5, 0.6) is 0 Å². The van der Waals surface area contributed by atoms with E-state index in [1.54, 1.807) is 36.0 Å². The maximum absolute atomic E-state index is 13.6. The molecule has 3 amide bonds. The standard InChI is InChI=1S/C22H21N3O3S/c1-29-12-11-16-17-18(20(27)25(19(17)26)13-7-3-2-4-8-13)22(24-16)14-9-5-6-10-15(14)23-21(22)28/h2-10,16-18,24H,11-12H2,1H3,(H,23,28)/t16-,17-,18-,22+/m1/s1. The van der Waals surface area contributed by atoms with Crippen LogP contribution in [0, 0.1) is 11.8 Å². The van der Waals surface area contributed by atoms with Gasteiger partial charge in [-0.3, -0.25) is 19.7 Å². The van der Waals surface area contributed by atoms with E-state index in [-0.39, 0.29) is 23.8 Å². The molecule has 4 atom stereocenters. The second-order valence-corrected chi connectivity index (χ2v) is 8.68. The van der Waals surface area contributed by atoms with Gasteiger partial charge >= 0.3 is 0 Å². The second-order valence-electron chi connectivity index (χ2n) is 7.69. The number of thioether (sulfide) groups is 1. The molecule has 2 aromatic carbocycles. The number of rotatable bonds is 4. The van der Waals surface area contributed by atoms with Crippen molar-refractivity contribution in [3.8, 4) is 0 Å². The number of anilines is 2. The van der Waals surface area contributed by atoms with Crippen molar-refractivity contribution in [2.24, 2.45) is 11.8 Å². The predicted molar refractivity (Wildman–Crippen MR) is 113 cm³/mol. The lowest BCUT2D eigenvalue weighted by atomic mass is 9.76. The van der Waals surface area contributed by atoms with E-state index < -0.39 is 17.4 Å². The summed E-state index contributed by atoms with van der Waals surface area (Å²) in [6.45, 7) is 0. The highest BCUT2D eigenvalue weighted by Gasteiger charge is 2.70. The third-order valence-corrected chi connectivity index (χ3v) is 6.91. The molecule has 148 valence electrons. The van der Waals surface area contributed by atoms with Gasteiger partial charge in [-0.2, -0.15) is 11.8 Å². The summed E-state index contributed by atoms with van der Waals surface area (Å²) in [7, 11) is 0. The van der Waals surface area contributed by atoms with Crippen LogP contribution in [-0.4, -0.2) is 35.8 Å². The third kappa shape index (κ3) is 2.44. The zero-order valence-electron chi connectivity index (χ0n) is 15.9. The number of nitrogens with one attached hydrogen (secondary N) is 2. The molecule has 3 aliphatic heterocycles. The molecule has 0 radical (unpaired) electrons. The highest BCUT2D eigenvalue weighted by molar-refractivity contribution is 7.98. The maximum Gasteiger partial charge on any atom is 0.250 e. The molecule has 0 aliphatic carbocycles. The Kier molecular flexibility index (Phi) is 4.26. The summed E-state index contributed by atoms with van der Waals surface area (Å²) in [5, 5.41) is 6.37. The number of hydrogen-bond donors (Lipinski definition) is 2. The molecule has 0 unspecified atom stereocenters. The van der Waals surface area contributed by atoms with Gasteiger partial charge in [-0.1, -0.05) is 36.4 Å². The SMILES string of the molecule is CSCC[C@H]1N[C@]2(C(=O)Nc3ccccc32)[C@H]2C(=O)N(c3ccccc3)C(=O)[C@H]12. The Hall–Kier alpha value is -2.64. The van der Waals surface area contributed by atoms with Crippen molar-refractivity contribution < 1.29 is 14.4 Å². The molecule has 2 saturated heterocycles. The fourth-order valence-electron chi connectivity index (χ4n) is 5.08. The molecule has 0 bridgehead atoms. The minimum atomic E-state index is -1.21. The number of imide groups is 1. The van der Waals surface area contributed by atoms with Crippen molar-refractivity contribution in [1.29, 1.82) is 0 Å². The third-order valence-electron chi connectivity index (χ3n) is 6.27. The van der Waals surface area contributed by atoms with Crippen LogP contribution in [-0.2, 0) is 19.9 Å². The molecule has 2 N–H and O–H groups in total. The number of hydrogen-bond acceptors (Lipinski definition) is 5. The molecular formula is C22H21N3O3S. The van der Waals surface area contributed by atoms with E-state index in [1.807, 2.05) is 36.6 Å². The predicted octanol–water partition coefficient (Wildman–Crippen LogP) is 2.36. The molecule has 6 nitrogen and oxygen atoms in total. The zero-order valence-corrected chi connectivity index (χ0v) is 16.7. The molecule has 7 heteroatoms. The Bertz CT molecular complexity index is 1010. The minimum absolute atomic E-state index is 0.223. The van der Waals surface area contributed by atoms with Crippen molar-refractivity contribution in [1.82, 2.24) is 5.32 Å². The van der Waals surface area contributed by atoms with Crippen LogP contribution >= 0.6 is 11.8 Å². The first kappa shape index (κ1) is 18.4. The Morgan fingerprint density at radius 2 is 1.72 bits per heavy atom. The van der Waals surface area contributed by atoms with Gasteiger partial charge in [0.2, 0.25) is 17.7 Å². The van der Waals surface area contributed by atoms with Gasteiger partial charge in [-0.05, 0) is 36.6 Å². The van der Waals surface area contributed by atoms with Gasteiger partial charge < -0.3 is 5.32 Å². The summed E-state index contributed by atoms with van der Waals surface area (Å²) in [5.41, 5.74) is 0.804. The second kappa shape index (κ2) is 6.71. The summed E-state index contributed by atoms with van der Waals surface area (Å²) < 4.78 is 0. The zero-order chi connectivity index (χ0) is 20.2. The highest BCUT2D eigenvalue weighted by atomic mass is 32.2. The van der Waals surface area contributed by atoms with E-state index in [0.717, 1.165) is 11.3 Å². The Labute approximate surface area is 173 Å². The van der Waals surface area contributed by atoms with E-state index in [1.165, 1.54) is 4.90 Å². The highest BCUT2D eigenvalue weighted by Crippen LogP contribution is 2.53. The lowest BCUT2D eigenvalue weighted by molar-refractivity contribution is -0.130. The Balaban J connectivity index is 1.65. The van der Waals surface area contributed by atoms with Gasteiger partial charge in [0, 0.05) is 17.3 Å².